The summed E-state index contributed by atoms with van der Waals surface area (Å²) < 4.78 is 0. The van der Waals surface area contributed by atoms with E-state index in [1.54, 1.807) is 12.1 Å². The van der Waals surface area contributed by atoms with Crippen molar-refractivity contribution in [1.82, 2.24) is 5.32 Å². The van der Waals surface area contributed by atoms with Crippen LogP contribution < -0.4 is 5.32 Å². The van der Waals surface area contributed by atoms with Crippen molar-refractivity contribution in [1.29, 1.82) is 0 Å². The Hall–Kier alpha value is -0.280. The lowest BCUT2D eigenvalue weighted by Crippen LogP contribution is -2.34. The van der Waals surface area contributed by atoms with Crippen molar-refractivity contribution in [2.75, 3.05) is 6.54 Å². The molecule has 1 aromatic rings. The molecule has 0 aliphatic heterocycles. The van der Waals surface area contributed by atoms with Crippen LogP contribution in [0.2, 0.25) is 10.0 Å². The molecule has 1 aliphatic rings. The molecule has 2 rings (SSSR count). The lowest BCUT2D eigenvalue weighted by molar-refractivity contribution is 0.165. The van der Waals surface area contributed by atoms with E-state index in [0.717, 1.165) is 5.56 Å². The van der Waals surface area contributed by atoms with Gasteiger partial charge < -0.3 is 10.4 Å². The number of benzene rings is 1. The molecule has 100 valence electrons. The first-order valence-electron chi connectivity index (χ1n) is 6.53. The summed E-state index contributed by atoms with van der Waals surface area (Å²) in [6, 6.07) is 5.83. The van der Waals surface area contributed by atoms with Crippen LogP contribution >= 0.6 is 23.2 Å². The summed E-state index contributed by atoms with van der Waals surface area (Å²) in [5.41, 5.74) is 0.813. The molecule has 1 fully saturated rings. The molecule has 1 aliphatic carbocycles. The Bertz CT molecular complexity index is 391. The molecule has 1 aromatic carbocycles. The topological polar surface area (TPSA) is 32.3 Å². The van der Waals surface area contributed by atoms with Crippen LogP contribution in [0.25, 0.3) is 0 Å². The van der Waals surface area contributed by atoms with E-state index in [1.165, 1.54) is 32.1 Å². The normalized spacial score (nSPS) is 18.8. The van der Waals surface area contributed by atoms with Gasteiger partial charge in [0.2, 0.25) is 0 Å². The summed E-state index contributed by atoms with van der Waals surface area (Å²) in [5.74, 6) is 0. The Morgan fingerprint density at radius 3 is 2.56 bits per heavy atom. The Kier molecular flexibility index (Phi) is 5.31. The second-order valence-electron chi connectivity index (χ2n) is 4.93. The highest BCUT2D eigenvalue weighted by atomic mass is 35.5. The molecule has 2 nitrogen and oxygen atoms in total. The van der Waals surface area contributed by atoms with E-state index in [9.17, 15) is 5.11 Å². The van der Waals surface area contributed by atoms with Crippen LogP contribution in [-0.4, -0.2) is 17.7 Å². The van der Waals surface area contributed by atoms with Crippen molar-refractivity contribution in [2.24, 2.45) is 0 Å². The van der Waals surface area contributed by atoms with Gasteiger partial charge in [0.05, 0.1) is 16.1 Å². The zero-order valence-electron chi connectivity index (χ0n) is 10.3. The average Bonchev–Trinajstić information content (AvgIpc) is 2.40. The van der Waals surface area contributed by atoms with Gasteiger partial charge in [-0.15, -0.1) is 0 Å². The molecule has 0 spiro atoms. The number of aliphatic hydroxyl groups is 1. The SMILES string of the molecule is OC(CNC1CCCCC1)c1ccc(Cl)c(Cl)c1. The lowest BCUT2D eigenvalue weighted by atomic mass is 9.95. The fourth-order valence-electron chi connectivity index (χ4n) is 2.42. The van der Waals surface area contributed by atoms with Crippen LogP contribution in [0.3, 0.4) is 0 Å². The monoisotopic (exact) mass is 287 g/mol. The number of aliphatic hydroxyl groups excluding tert-OH is 1. The maximum Gasteiger partial charge on any atom is 0.0915 e. The maximum atomic E-state index is 10.1. The van der Waals surface area contributed by atoms with Gasteiger partial charge in [-0.1, -0.05) is 48.5 Å². The van der Waals surface area contributed by atoms with E-state index < -0.39 is 6.10 Å². The van der Waals surface area contributed by atoms with Gasteiger partial charge in [0.1, 0.15) is 0 Å². The zero-order chi connectivity index (χ0) is 13.0. The van der Waals surface area contributed by atoms with Crippen LogP contribution in [-0.2, 0) is 0 Å². The van der Waals surface area contributed by atoms with Crippen LogP contribution in [0.4, 0.5) is 0 Å². The first kappa shape index (κ1) is 14.1. The van der Waals surface area contributed by atoms with Gasteiger partial charge in [0.15, 0.2) is 0 Å². The molecule has 1 unspecified atom stereocenters. The fourth-order valence-corrected chi connectivity index (χ4v) is 2.73. The smallest absolute Gasteiger partial charge is 0.0915 e. The standard InChI is InChI=1S/C14H19Cl2NO/c15-12-7-6-10(8-13(12)16)14(18)9-17-11-4-2-1-3-5-11/h6-8,11,14,17-18H,1-5,9H2. The van der Waals surface area contributed by atoms with Crippen LogP contribution in [0.15, 0.2) is 18.2 Å². The van der Waals surface area contributed by atoms with E-state index in [-0.39, 0.29) is 0 Å². The van der Waals surface area contributed by atoms with Gasteiger partial charge >= 0.3 is 0 Å². The van der Waals surface area contributed by atoms with Crippen molar-refractivity contribution < 1.29 is 5.11 Å². The van der Waals surface area contributed by atoms with Gasteiger partial charge in [-0.25, -0.2) is 0 Å². The first-order chi connectivity index (χ1) is 8.66. The van der Waals surface area contributed by atoms with Crippen molar-refractivity contribution >= 4 is 23.2 Å². The Labute approximate surface area is 118 Å². The minimum Gasteiger partial charge on any atom is -0.387 e. The highest BCUT2D eigenvalue weighted by Crippen LogP contribution is 2.25. The van der Waals surface area contributed by atoms with Gasteiger partial charge in [-0.05, 0) is 30.5 Å². The summed E-state index contributed by atoms with van der Waals surface area (Å²) in [4.78, 5) is 0. The number of nitrogens with one attached hydrogen (secondary N) is 1. The van der Waals surface area contributed by atoms with Crippen LogP contribution in [0.5, 0.6) is 0 Å². The van der Waals surface area contributed by atoms with E-state index in [1.807, 2.05) is 6.07 Å². The van der Waals surface area contributed by atoms with Gasteiger partial charge in [-0.2, -0.15) is 0 Å². The molecule has 1 saturated carbocycles. The van der Waals surface area contributed by atoms with E-state index in [4.69, 9.17) is 23.2 Å². The third kappa shape index (κ3) is 3.86. The minimum atomic E-state index is -0.526. The third-order valence-corrected chi connectivity index (χ3v) is 4.27. The van der Waals surface area contributed by atoms with E-state index in [2.05, 4.69) is 5.32 Å². The molecule has 0 radical (unpaired) electrons. The molecule has 4 heteroatoms. The largest absolute Gasteiger partial charge is 0.387 e. The highest BCUT2D eigenvalue weighted by molar-refractivity contribution is 6.42. The summed E-state index contributed by atoms with van der Waals surface area (Å²) in [6.07, 6.45) is 5.83. The summed E-state index contributed by atoms with van der Waals surface area (Å²) in [6.45, 7) is 0.572. The summed E-state index contributed by atoms with van der Waals surface area (Å²) >= 11 is 11.8. The zero-order valence-corrected chi connectivity index (χ0v) is 11.8. The second-order valence-corrected chi connectivity index (χ2v) is 5.75. The molecule has 0 saturated heterocycles. The molecule has 0 amide bonds. The number of rotatable bonds is 4. The van der Waals surface area contributed by atoms with Crippen LogP contribution in [0.1, 0.15) is 43.8 Å². The van der Waals surface area contributed by atoms with Crippen molar-refractivity contribution in [2.45, 2.75) is 44.2 Å². The predicted octanol–water partition coefficient (Wildman–Crippen LogP) is 3.95. The van der Waals surface area contributed by atoms with Crippen molar-refractivity contribution in [3.8, 4) is 0 Å². The van der Waals surface area contributed by atoms with E-state index >= 15 is 0 Å². The Balaban J connectivity index is 1.86. The molecular formula is C14H19Cl2NO. The molecule has 1 atom stereocenters. The Morgan fingerprint density at radius 1 is 1.17 bits per heavy atom. The van der Waals surface area contributed by atoms with Crippen molar-refractivity contribution in [3.63, 3.8) is 0 Å². The van der Waals surface area contributed by atoms with Gasteiger partial charge in [-0.3, -0.25) is 0 Å². The number of hydrogen-bond acceptors (Lipinski definition) is 2. The minimum absolute atomic E-state index is 0.492. The summed E-state index contributed by atoms with van der Waals surface area (Å²) in [5, 5.41) is 14.5. The predicted molar refractivity (Wildman–Crippen MR) is 76.3 cm³/mol. The molecule has 0 bridgehead atoms. The van der Waals surface area contributed by atoms with Crippen LogP contribution in [0, 0.1) is 0 Å². The van der Waals surface area contributed by atoms with Gasteiger partial charge in [0, 0.05) is 12.6 Å². The molecular weight excluding hydrogens is 269 g/mol. The average molecular weight is 288 g/mol. The molecule has 0 aromatic heterocycles. The quantitative estimate of drug-likeness (QED) is 0.879. The second kappa shape index (κ2) is 6.76. The lowest BCUT2D eigenvalue weighted by Gasteiger charge is -2.24. The summed E-state index contributed by atoms with van der Waals surface area (Å²) in [7, 11) is 0. The highest BCUT2D eigenvalue weighted by Gasteiger charge is 2.15. The first-order valence-corrected chi connectivity index (χ1v) is 7.29. The third-order valence-electron chi connectivity index (χ3n) is 3.53. The maximum absolute atomic E-state index is 10.1. The number of hydrogen-bond donors (Lipinski definition) is 2. The number of halogens is 2. The van der Waals surface area contributed by atoms with Crippen molar-refractivity contribution in [3.05, 3.63) is 33.8 Å². The Morgan fingerprint density at radius 2 is 1.89 bits per heavy atom. The molecule has 18 heavy (non-hydrogen) atoms. The molecule has 0 heterocycles. The molecule has 2 N–H and O–H groups in total. The fraction of sp³-hybridized carbons (Fsp3) is 0.571. The van der Waals surface area contributed by atoms with E-state index in [0.29, 0.717) is 22.6 Å². The van der Waals surface area contributed by atoms with Gasteiger partial charge in [0.25, 0.3) is 0 Å².